The highest BCUT2D eigenvalue weighted by Crippen LogP contribution is 2.43. The zero-order valence-electron chi connectivity index (χ0n) is 25.8. The van der Waals surface area contributed by atoms with Crippen LogP contribution < -0.4 is 18.9 Å². The van der Waals surface area contributed by atoms with Gasteiger partial charge in [0.25, 0.3) is 0 Å². The van der Waals surface area contributed by atoms with E-state index in [4.69, 9.17) is 18.9 Å². The molecule has 1 aromatic heterocycles. The fourth-order valence-corrected chi connectivity index (χ4v) is 5.64. The summed E-state index contributed by atoms with van der Waals surface area (Å²) in [5, 5.41) is 10.4. The fourth-order valence-electron chi connectivity index (χ4n) is 5.64. The third-order valence-corrected chi connectivity index (χ3v) is 8.11. The van der Waals surface area contributed by atoms with E-state index in [1.807, 2.05) is 78.9 Å². The van der Waals surface area contributed by atoms with Gasteiger partial charge in [0, 0.05) is 11.7 Å². The van der Waals surface area contributed by atoms with Crippen LogP contribution in [0.15, 0.2) is 134 Å². The second kappa shape index (κ2) is 13.6. The SMILES string of the molecule is COc1cc(C(C)(c2ccc(OC(=O)c3ccccc3)c(OCc3ccccc3)c2)n2ccc3ccccc32)ccc1OCCO. The Morgan fingerprint density at radius 2 is 1.37 bits per heavy atom. The van der Waals surface area contributed by atoms with Gasteiger partial charge >= 0.3 is 5.97 Å². The first kappa shape index (κ1) is 30.5. The standard InChI is InChI=1S/C39H35NO6/c1-39(40-22-21-29-13-9-10-16-33(29)40,31-17-19-34(44-24-23-41)36(25-31)43-2)32-18-20-35(46-38(42)30-14-7-4-8-15-30)37(26-32)45-27-28-11-5-3-6-12-28/h3-22,25-26,41H,23-24,27H2,1-2H3. The number of esters is 1. The van der Waals surface area contributed by atoms with Crippen molar-refractivity contribution in [1.82, 2.24) is 4.57 Å². The van der Waals surface area contributed by atoms with E-state index in [0.29, 0.717) is 28.6 Å². The van der Waals surface area contributed by atoms with E-state index in [-0.39, 0.29) is 19.8 Å². The number of carbonyl (C=O) groups excluding carboxylic acids is 1. The molecule has 5 aromatic carbocycles. The molecule has 1 atom stereocenters. The minimum Gasteiger partial charge on any atom is -0.493 e. The van der Waals surface area contributed by atoms with Crippen LogP contribution in [-0.2, 0) is 12.1 Å². The Kier molecular flexibility index (Phi) is 9.03. The first-order valence-corrected chi connectivity index (χ1v) is 15.1. The van der Waals surface area contributed by atoms with Gasteiger partial charge in [-0.3, -0.25) is 0 Å². The second-order valence-corrected chi connectivity index (χ2v) is 10.9. The molecule has 0 amide bonds. The van der Waals surface area contributed by atoms with Crippen molar-refractivity contribution in [1.29, 1.82) is 0 Å². The topological polar surface area (TPSA) is 79.2 Å². The number of para-hydroxylation sites is 1. The van der Waals surface area contributed by atoms with Crippen molar-refractivity contribution in [3.05, 3.63) is 156 Å². The van der Waals surface area contributed by atoms with Crippen molar-refractivity contribution in [2.24, 2.45) is 0 Å². The highest BCUT2D eigenvalue weighted by atomic mass is 16.6. The van der Waals surface area contributed by atoms with Crippen molar-refractivity contribution in [2.75, 3.05) is 20.3 Å². The van der Waals surface area contributed by atoms with E-state index in [9.17, 15) is 9.90 Å². The molecule has 0 spiro atoms. The zero-order valence-corrected chi connectivity index (χ0v) is 25.8. The maximum absolute atomic E-state index is 13.1. The van der Waals surface area contributed by atoms with Gasteiger partial charge < -0.3 is 28.6 Å². The molecule has 0 radical (unpaired) electrons. The monoisotopic (exact) mass is 613 g/mol. The summed E-state index contributed by atoms with van der Waals surface area (Å²) in [6, 6.07) is 40.5. The number of nitrogens with zero attached hydrogens (tertiary/aromatic N) is 1. The highest BCUT2D eigenvalue weighted by Gasteiger charge is 2.34. The summed E-state index contributed by atoms with van der Waals surface area (Å²) in [4.78, 5) is 13.1. The van der Waals surface area contributed by atoms with Crippen LogP contribution in [0.5, 0.6) is 23.0 Å². The number of ether oxygens (including phenoxy) is 4. The van der Waals surface area contributed by atoms with Gasteiger partial charge in [-0.1, -0.05) is 78.9 Å². The van der Waals surface area contributed by atoms with Crippen molar-refractivity contribution in [3.63, 3.8) is 0 Å². The summed E-state index contributed by atoms with van der Waals surface area (Å²) >= 11 is 0. The van der Waals surface area contributed by atoms with E-state index < -0.39 is 11.5 Å². The molecule has 7 heteroatoms. The lowest BCUT2D eigenvalue weighted by Gasteiger charge is -2.35. The molecule has 0 saturated carbocycles. The Morgan fingerprint density at radius 3 is 2.09 bits per heavy atom. The average molecular weight is 614 g/mol. The van der Waals surface area contributed by atoms with E-state index in [1.54, 1.807) is 37.4 Å². The summed E-state index contributed by atoms with van der Waals surface area (Å²) in [6.45, 7) is 2.47. The van der Waals surface area contributed by atoms with Gasteiger partial charge in [0.15, 0.2) is 23.0 Å². The maximum atomic E-state index is 13.1. The number of aliphatic hydroxyl groups is 1. The molecular formula is C39H35NO6. The number of hydrogen-bond donors (Lipinski definition) is 1. The van der Waals surface area contributed by atoms with Crippen LogP contribution in [0.1, 0.15) is 34.0 Å². The molecule has 46 heavy (non-hydrogen) atoms. The predicted molar refractivity (Wildman–Crippen MR) is 178 cm³/mol. The Morgan fingerprint density at radius 1 is 0.717 bits per heavy atom. The summed E-state index contributed by atoms with van der Waals surface area (Å²) < 4.78 is 26.0. The van der Waals surface area contributed by atoms with E-state index in [2.05, 4.69) is 35.9 Å². The third-order valence-electron chi connectivity index (χ3n) is 8.11. The molecule has 0 aliphatic rings. The van der Waals surface area contributed by atoms with Gasteiger partial charge in [-0.2, -0.15) is 0 Å². The van der Waals surface area contributed by atoms with Gasteiger partial charge in [-0.25, -0.2) is 4.79 Å². The van der Waals surface area contributed by atoms with Gasteiger partial charge in [-0.05, 0) is 77.5 Å². The van der Waals surface area contributed by atoms with E-state index in [1.165, 1.54) is 0 Å². The lowest BCUT2D eigenvalue weighted by Crippen LogP contribution is -2.32. The van der Waals surface area contributed by atoms with Gasteiger partial charge in [-0.15, -0.1) is 0 Å². The highest BCUT2D eigenvalue weighted by molar-refractivity contribution is 5.91. The molecule has 0 bridgehead atoms. The van der Waals surface area contributed by atoms with E-state index >= 15 is 0 Å². The predicted octanol–water partition coefficient (Wildman–Crippen LogP) is 7.63. The average Bonchev–Trinajstić information content (AvgIpc) is 3.55. The summed E-state index contributed by atoms with van der Waals surface area (Å²) in [6.07, 6.45) is 2.07. The molecule has 1 unspecified atom stereocenters. The van der Waals surface area contributed by atoms with Crippen LogP contribution in [-0.4, -0.2) is 36.0 Å². The van der Waals surface area contributed by atoms with E-state index in [0.717, 1.165) is 27.6 Å². The van der Waals surface area contributed by atoms with Crippen LogP contribution in [0.3, 0.4) is 0 Å². The number of benzene rings is 5. The first-order chi connectivity index (χ1) is 22.5. The summed E-state index contributed by atoms with van der Waals surface area (Å²) in [7, 11) is 1.60. The molecule has 6 aromatic rings. The minimum atomic E-state index is -0.779. The lowest BCUT2D eigenvalue weighted by atomic mass is 9.83. The molecule has 1 N–H and O–H groups in total. The van der Waals surface area contributed by atoms with Crippen LogP contribution in [0.25, 0.3) is 10.9 Å². The molecule has 7 nitrogen and oxygen atoms in total. The van der Waals surface area contributed by atoms with Crippen molar-refractivity contribution in [2.45, 2.75) is 19.1 Å². The van der Waals surface area contributed by atoms with Gasteiger partial charge in [0.05, 0.1) is 24.8 Å². The summed E-state index contributed by atoms with van der Waals surface area (Å²) in [5.74, 6) is 1.36. The van der Waals surface area contributed by atoms with Crippen molar-refractivity contribution in [3.8, 4) is 23.0 Å². The van der Waals surface area contributed by atoms with Crippen molar-refractivity contribution < 1.29 is 28.8 Å². The van der Waals surface area contributed by atoms with Crippen LogP contribution in [0, 0.1) is 0 Å². The number of aromatic nitrogens is 1. The van der Waals surface area contributed by atoms with Gasteiger partial charge in [0.2, 0.25) is 0 Å². The lowest BCUT2D eigenvalue weighted by molar-refractivity contribution is 0.0727. The number of fused-ring (bicyclic) bond motifs is 1. The summed E-state index contributed by atoms with van der Waals surface area (Å²) in [5.41, 5.74) is 3.50. The first-order valence-electron chi connectivity index (χ1n) is 15.1. The largest absolute Gasteiger partial charge is 0.493 e. The van der Waals surface area contributed by atoms with Crippen LogP contribution >= 0.6 is 0 Å². The normalized spacial score (nSPS) is 12.3. The number of hydrogen-bond acceptors (Lipinski definition) is 6. The Balaban J connectivity index is 1.49. The van der Waals surface area contributed by atoms with Gasteiger partial charge in [0.1, 0.15) is 13.2 Å². The molecule has 1 heterocycles. The fraction of sp³-hybridized carbons (Fsp3) is 0.154. The molecule has 0 aliphatic heterocycles. The minimum absolute atomic E-state index is 0.106. The third kappa shape index (κ3) is 6.18. The number of methoxy groups -OCH3 is 1. The maximum Gasteiger partial charge on any atom is 0.343 e. The smallest absolute Gasteiger partial charge is 0.343 e. The Hall–Kier alpha value is -5.53. The number of rotatable bonds is 12. The molecule has 0 saturated heterocycles. The zero-order chi connectivity index (χ0) is 31.9. The second-order valence-electron chi connectivity index (χ2n) is 10.9. The Bertz CT molecular complexity index is 1940. The number of carbonyl (C=O) groups is 1. The van der Waals surface area contributed by atoms with Crippen LogP contribution in [0.4, 0.5) is 0 Å². The van der Waals surface area contributed by atoms with Crippen LogP contribution in [0.2, 0.25) is 0 Å². The Labute approximate surface area is 268 Å². The molecular weight excluding hydrogens is 578 g/mol. The molecule has 6 rings (SSSR count). The molecule has 0 fully saturated rings. The molecule has 232 valence electrons. The molecule has 0 aliphatic carbocycles. The quantitative estimate of drug-likeness (QED) is 0.113. The van der Waals surface area contributed by atoms with Crippen molar-refractivity contribution >= 4 is 16.9 Å². The number of aliphatic hydroxyl groups excluding tert-OH is 1.